The smallest absolute Gasteiger partial charge is 0.0663 e. The highest BCUT2D eigenvalue weighted by molar-refractivity contribution is 6.15. The SMILES string of the molecule is [B]C1(CC)CCCCCCCCC1. The zero-order valence-corrected chi connectivity index (χ0v) is 9.15. The molecule has 1 aliphatic carbocycles. The van der Waals surface area contributed by atoms with Crippen LogP contribution in [0, 0.1) is 0 Å². The van der Waals surface area contributed by atoms with Crippen LogP contribution in [0.5, 0.6) is 0 Å². The van der Waals surface area contributed by atoms with Crippen molar-refractivity contribution in [2.75, 3.05) is 0 Å². The van der Waals surface area contributed by atoms with Gasteiger partial charge in [0.1, 0.15) is 0 Å². The molecule has 0 saturated heterocycles. The van der Waals surface area contributed by atoms with Gasteiger partial charge in [-0.25, -0.2) is 0 Å². The molecule has 0 aromatic heterocycles. The minimum Gasteiger partial charge on any atom is -0.0663 e. The lowest BCUT2D eigenvalue weighted by Crippen LogP contribution is -2.12. The molecular formula is C12H23B. The van der Waals surface area contributed by atoms with Gasteiger partial charge in [0, 0.05) is 0 Å². The van der Waals surface area contributed by atoms with E-state index in [1.165, 1.54) is 57.8 Å². The van der Waals surface area contributed by atoms with Crippen LogP contribution in [0.25, 0.3) is 0 Å². The molecule has 0 spiro atoms. The molecule has 1 heteroatoms. The summed E-state index contributed by atoms with van der Waals surface area (Å²) in [6.07, 6.45) is 13.5. The fourth-order valence-corrected chi connectivity index (χ4v) is 2.32. The first-order valence-corrected chi connectivity index (χ1v) is 6.06. The first-order chi connectivity index (χ1) is 6.27. The highest BCUT2D eigenvalue weighted by Gasteiger charge is 2.20. The average Bonchev–Trinajstić information content (AvgIpc) is 2.16. The molecule has 1 fully saturated rings. The number of rotatable bonds is 1. The van der Waals surface area contributed by atoms with Gasteiger partial charge in [-0.1, -0.05) is 76.4 Å². The van der Waals surface area contributed by atoms with E-state index in [1.807, 2.05) is 0 Å². The van der Waals surface area contributed by atoms with Gasteiger partial charge in [0.15, 0.2) is 0 Å². The summed E-state index contributed by atoms with van der Waals surface area (Å²) in [4.78, 5) is 0. The van der Waals surface area contributed by atoms with Gasteiger partial charge in [0.2, 0.25) is 0 Å². The van der Waals surface area contributed by atoms with Crippen LogP contribution in [0.3, 0.4) is 0 Å². The molecule has 2 radical (unpaired) electrons. The quantitative estimate of drug-likeness (QED) is 0.526. The third kappa shape index (κ3) is 4.20. The Morgan fingerprint density at radius 2 is 1.23 bits per heavy atom. The molecule has 0 aliphatic heterocycles. The summed E-state index contributed by atoms with van der Waals surface area (Å²) < 4.78 is 0. The van der Waals surface area contributed by atoms with Crippen LogP contribution in [0.15, 0.2) is 0 Å². The Balaban J connectivity index is 2.34. The Hall–Kier alpha value is 0.0649. The Morgan fingerprint density at radius 3 is 1.62 bits per heavy atom. The van der Waals surface area contributed by atoms with Crippen LogP contribution < -0.4 is 0 Å². The zero-order valence-electron chi connectivity index (χ0n) is 9.15. The van der Waals surface area contributed by atoms with E-state index in [1.54, 1.807) is 0 Å². The van der Waals surface area contributed by atoms with Crippen molar-refractivity contribution in [3.05, 3.63) is 0 Å². The molecule has 1 rings (SSSR count). The van der Waals surface area contributed by atoms with Gasteiger partial charge in [0.25, 0.3) is 0 Å². The Labute approximate surface area is 84.9 Å². The Bertz CT molecular complexity index is 121. The van der Waals surface area contributed by atoms with Crippen LogP contribution in [0.4, 0.5) is 0 Å². The summed E-state index contributed by atoms with van der Waals surface area (Å²) in [5.74, 6) is 0. The maximum Gasteiger partial charge on any atom is 0.0746 e. The number of hydrogen-bond acceptors (Lipinski definition) is 0. The molecule has 0 aromatic rings. The first kappa shape index (κ1) is 11.1. The predicted octanol–water partition coefficient (Wildman–Crippen LogP) is 4.25. The molecule has 0 heterocycles. The van der Waals surface area contributed by atoms with E-state index in [4.69, 9.17) is 7.85 Å². The van der Waals surface area contributed by atoms with E-state index in [0.717, 1.165) is 6.42 Å². The van der Waals surface area contributed by atoms with Gasteiger partial charge in [-0.05, 0) is 0 Å². The Kier molecular flexibility index (Phi) is 4.91. The van der Waals surface area contributed by atoms with E-state index < -0.39 is 0 Å². The van der Waals surface area contributed by atoms with Crippen molar-refractivity contribution in [3.8, 4) is 0 Å². The lowest BCUT2D eigenvalue weighted by molar-refractivity contribution is 0.398. The number of hydrogen-bond donors (Lipinski definition) is 0. The van der Waals surface area contributed by atoms with Crippen molar-refractivity contribution in [2.24, 2.45) is 0 Å². The van der Waals surface area contributed by atoms with Gasteiger partial charge in [-0.2, -0.15) is 0 Å². The molecule has 0 nitrogen and oxygen atoms in total. The molecule has 0 bridgehead atoms. The predicted molar refractivity (Wildman–Crippen MR) is 60.3 cm³/mol. The van der Waals surface area contributed by atoms with Gasteiger partial charge < -0.3 is 0 Å². The van der Waals surface area contributed by atoms with Crippen molar-refractivity contribution in [1.82, 2.24) is 0 Å². The zero-order chi connectivity index (χ0) is 9.57. The highest BCUT2D eigenvalue weighted by Crippen LogP contribution is 2.39. The second-order valence-corrected chi connectivity index (χ2v) is 4.69. The average molecular weight is 178 g/mol. The summed E-state index contributed by atoms with van der Waals surface area (Å²) in [6.45, 7) is 2.24. The molecule has 0 atom stereocenters. The van der Waals surface area contributed by atoms with E-state index >= 15 is 0 Å². The lowest BCUT2D eigenvalue weighted by Gasteiger charge is -2.29. The third-order valence-corrected chi connectivity index (χ3v) is 3.55. The van der Waals surface area contributed by atoms with Crippen LogP contribution in [-0.2, 0) is 0 Å². The van der Waals surface area contributed by atoms with Gasteiger partial charge >= 0.3 is 0 Å². The minimum atomic E-state index is 0.178. The molecule has 0 aromatic carbocycles. The van der Waals surface area contributed by atoms with E-state index in [-0.39, 0.29) is 5.31 Å². The fourth-order valence-electron chi connectivity index (χ4n) is 2.32. The fraction of sp³-hybridized carbons (Fsp3) is 1.00. The molecule has 74 valence electrons. The van der Waals surface area contributed by atoms with Crippen LogP contribution in [0.2, 0.25) is 5.31 Å². The van der Waals surface area contributed by atoms with E-state index in [2.05, 4.69) is 6.92 Å². The van der Waals surface area contributed by atoms with Crippen molar-refractivity contribution in [1.29, 1.82) is 0 Å². The third-order valence-electron chi connectivity index (χ3n) is 3.55. The van der Waals surface area contributed by atoms with Gasteiger partial charge in [0.05, 0.1) is 7.85 Å². The standard InChI is InChI=1S/C12H23B/c1-2-12(13)10-8-6-4-3-5-7-9-11-12/h2-11H2,1H3. The monoisotopic (exact) mass is 178 g/mol. The molecule has 0 N–H and O–H groups in total. The first-order valence-electron chi connectivity index (χ1n) is 6.06. The molecule has 0 unspecified atom stereocenters. The lowest BCUT2D eigenvalue weighted by atomic mass is 9.61. The molecule has 1 saturated carbocycles. The van der Waals surface area contributed by atoms with Crippen LogP contribution in [-0.4, -0.2) is 7.85 Å². The van der Waals surface area contributed by atoms with Crippen molar-refractivity contribution >= 4 is 7.85 Å². The Morgan fingerprint density at radius 1 is 0.846 bits per heavy atom. The largest absolute Gasteiger partial charge is 0.0746 e. The summed E-state index contributed by atoms with van der Waals surface area (Å²) >= 11 is 0. The van der Waals surface area contributed by atoms with E-state index in [9.17, 15) is 0 Å². The summed E-state index contributed by atoms with van der Waals surface area (Å²) in [5.41, 5.74) is 0. The molecule has 13 heavy (non-hydrogen) atoms. The molecular weight excluding hydrogens is 155 g/mol. The van der Waals surface area contributed by atoms with E-state index in [0.29, 0.717) is 0 Å². The van der Waals surface area contributed by atoms with Gasteiger partial charge in [-0.3, -0.25) is 0 Å². The van der Waals surface area contributed by atoms with Gasteiger partial charge in [-0.15, -0.1) is 0 Å². The van der Waals surface area contributed by atoms with Crippen LogP contribution >= 0.6 is 0 Å². The van der Waals surface area contributed by atoms with Crippen molar-refractivity contribution < 1.29 is 0 Å². The second-order valence-electron chi connectivity index (χ2n) is 4.69. The van der Waals surface area contributed by atoms with Crippen molar-refractivity contribution in [3.63, 3.8) is 0 Å². The summed E-state index contributed by atoms with van der Waals surface area (Å²) in [7, 11) is 6.35. The maximum absolute atomic E-state index is 6.35. The summed E-state index contributed by atoms with van der Waals surface area (Å²) in [5, 5.41) is 0.178. The van der Waals surface area contributed by atoms with Crippen molar-refractivity contribution in [2.45, 2.75) is 76.4 Å². The minimum absolute atomic E-state index is 0.178. The van der Waals surface area contributed by atoms with Crippen LogP contribution in [0.1, 0.15) is 71.1 Å². The topological polar surface area (TPSA) is 0 Å². The molecule has 0 amide bonds. The highest BCUT2D eigenvalue weighted by atomic mass is 14.2. The maximum atomic E-state index is 6.35. The second kappa shape index (κ2) is 5.72. The molecule has 1 aliphatic rings. The summed E-state index contributed by atoms with van der Waals surface area (Å²) in [6, 6.07) is 0. The normalized spacial score (nSPS) is 25.3.